The number of rotatable bonds is 8. The molecule has 1 heterocycles. The van der Waals surface area contributed by atoms with Crippen molar-refractivity contribution in [1.82, 2.24) is 9.66 Å². The second-order valence-electron chi connectivity index (χ2n) is 8.92. The van der Waals surface area contributed by atoms with Crippen molar-refractivity contribution in [2.75, 3.05) is 6.61 Å². The van der Waals surface area contributed by atoms with Crippen LogP contribution in [0.15, 0.2) is 105 Å². The summed E-state index contributed by atoms with van der Waals surface area (Å²) in [7, 11) is 0. The number of fused-ring (bicyclic) bond motifs is 1. The molecule has 10 heteroatoms. The minimum atomic E-state index is -4.56. The number of aromatic nitrogens is 2. The quantitative estimate of drug-likeness (QED) is 0.166. The Labute approximate surface area is 241 Å². The number of para-hydroxylation sites is 1. The lowest BCUT2D eigenvalue weighted by Gasteiger charge is -2.14. The van der Waals surface area contributed by atoms with Crippen LogP contribution in [0.25, 0.3) is 22.3 Å². The van der Waals surface area contributed by atoms with Gasteiger partial charge in [0.2, 0.25) is 0 Å². The maximum Gasteiger partial charge on any atom is 0.416 e. The van der Waals surface area contributed by atoms with Gasteiger partial charge in [-0.25, -0.2) is 4.98 Å². The van der Waals surface area contributed by atoms with Gasteiger partial charge in [-0.15, -0.1) is 0 Å². The highest BCUT2D eigenvalue weighted by atomic mass is 79.9. The molecule has 208 valence electrons. The molecule has 0 N–H and O–H groups in total. The highest BCUT2D eigenvalue weighted by molar-refractivity contribution is 9.10. The zero-order chi connectivity index (χ0) is 29.0. The largest absolute Gasteiger partial charge is 0.490 e. The van der Waals surface area contributed by atoms with Crippen LogP contribution >= 0.6 is 15.9 Å². The number of nitrogens with zero attached hydrogens (tertiary/aromatic N) is 3. The fourth-order valence-electron chi connectivity index (χ4n) is 4.14. The zero-order valence-corrected chi connectivity index (χ0v) is 23.3. The third kappa shape index (κ3) is 6.33. The Morgan fingerprint density at radius 3 is 2.41 bits per heavy atom. The van der Waals surface area contributed by atoms with Crippen molar-refractivity contribution in [3.63, 3.8) is 0 Å². The Bertz CT molecular complexity index is 1790. The number of hydrogen-bond acceptors (Lipinski definition) is 5. The van der Waals surface area contributed by atoms with Crippen LogP contribution in [0, 0.1) is 0 Å². The van der Waals surface area contributed by atoms with Gasteiger partial charge in [0.05, 0.1) is 29.3 Å². The second kappa shape index (κ2) is 12.0. The molecule has 0 aliphatic rings. The van der Waals surface area contributed by atoms with E-state index in [-0.39, 0.29) is 16.8 Å². The summed E-state index contributed by atoms with van der Waals surface area (Å²) in [6.07, 6.45) is -3.14. The van der Waals surface area contributed by atoms with E-state index in [0.29, 0.717) is 40.3 Å². The number of benzene rings is 4. The molecule has 0 radical (unpaired) electrons. The average molecular weight is 622 g/mol. The van der Waals surface area contributed by atoms with Crippen molar-refractivity contribution < 1.29 is 22.6 Å². The second-order valence-corrected chi connectivity index (χ2v) is 9.77. The van der Waals surface area contributed by atoms with Crippen molar-refractivity contribution in [3.05, 3.63) is 123 Å². The first-order chi connectivity index (χ1) is 19.7. The average Bonchev–Trinajstić information content (AvgIpc) is 2.97. The van der Waals surface area contributed by atoms with E-state index in [1.165, 1.54) is 18.3 Å². The van der Waals surface area contributed by atoms with E-state index in [1.54, 1.807) is 36.4 Å². The maximum atomic E-state index is 13.5. The molecule has 0 saturated carbocycles. The van der Waals surface area contributed by atoms with Crippen LogP contribution in [-0.2, 0) is 12.8 Å². The summed E-state index contributed by atoms with van der Waals surface area (Å²) in [6.45, 7) is 2.56. The highest BCUT2D eigenvalue weighted by Crippen LogP contribution is 2.34. The van der Waals surface area contributed by atoms with Gasteiger partial charge in [0.1, 0.15) is 6.61 Å². The normalized spacial score (nSPS) is 11.7. The molecule has 0 aliphatic carbocycles. The Morgan fingerprint density at radius 2 is 1.66 bits per heavy atom. The predicted octanol–water partition coefficient (Wildman–Crippen LogP) is 7.70. The van der Waals surface area contributed by atoms with Crippen LogP contribution in [-0.4, -0.2) is 22.5 Å². The lowest BCUT2D eigenvalue weighted by atomic mass is 10.1. The molecular weight excluding hydrogens is 599 g/mol. The van der Waals surface area contributed by atoms with Crippen LogP contribution in [0.4, 0.5) is 13.2 Å². The Morgan fingerprint density at radius 1 is 0.927 bits per heavy atom. The van der Waals surface area contributed by atoms with Crippen molar-refractivity contribution in [1.29, 1.82) is 0 Å². The van der Waals surface area contributed by atoms with Gasteiger partial charge in [0, 0.05) is 15.6 Å². The summed E-state index contributed by atoms with van der Waals surface area (Å²) in [5.74, 6) is 0.948. The van der Waals surface area contributed by atoms with Gasteiger partial charge in [0.25, 0.3) is 5.56 Å². The molecule has 41 heavy (non-hydrogen) atoms. The minimum Gasteiger partial charge on any atom is -0.490 e. The Hall–Kier alpha value is -4.44. The fourth-order valence-corrected chi connectivity index (χ4v) is 4.56. The molecule has 5 aromatic rings. The molecule has 0 amide bonds. The molecule has 0 unspecified atom stereocenters. The van der Waals surface area contributed by atoms with Crippen molar-refractivity contribution >= 4 is 33.0 Å². The molecule has 0 aliphatic heterocycles. The molecule has 0 fully saturated rings. The smallest absolute Gasteiger partial charge is 0.416 e. The van der Waals surface area contributed by atoms with Gasteiger partial charge < -0.3 is 9.47 Å². The summed E-state index contributed by atoms with van der Waals surface area (Å²) in [4.78, 5) is 18.0. The number of hydrogen-bond donors (Lipinski definition) is 0. The monoisotopic (exact) mass is 621 g/mol. The first-order valence-electron chi connectivity index (χ1n) is 12.6. The third-order valence-corrected chi connectivity index (χ3v) is 6.80. The summed E-state index contributed by atoms with van der Waals surface area (Å²) in [5.41, 5.74) is 0.596. The van der Waals surface area contributed by atoms with Gasteiger partial charge in [-0.1, -0.05) is 54.6 Å². The standard InChI is InChI=1S/C31H23BrF3N3O3/c1-2-40-27-16-22(25(32)17-28(27)41-19-20-9-4-3-5-10-20)18-36-38-29(21-11-8-12-23(15-21)31(33,34)35)37-26-14-7-6-13-24(26)30(38)39/h3-18H,2,19H2,1H3. The molecule has 1 aromatic heterocycles. The minimum absolute atomic E-state index is 0.0278. The van der Waals surface area contributed by atoms with E-state index >= 15 is 0 Å². The Kier molecular flexibility index (Phi) is 8.21. The zero-order valence-electron chi connectivity index (χ0n) is 21.7. The van der Waals surface area contributed by atoms with Crippen molar-refractivity contribution in [3.8, 4) is 22.9 Å². The van der Waals surface area contributed by atoms with Crippen molar-refractivity contribution in [2.24, 2.45) is 5.10 Å². The summed E-state index contributed by atoms with van der Waals surface area (Å²) >= 11 is 3.53. The number of halogens is 4. The summed E-state index contributed by atoms with van der Waals surface area (Å²) in [5, 5.41) is 4.67. The lowest BCUT2D eigenvalue weighted by molar-refractivity contribution is -0.137. The fraction of sp³-hybridized carbons (Fsp3) is 0.129. The first-order valence-corrected chi connectivity index (χ1v) is 13.4. The van der Waals surface area contributed by atoms with Gasteiger partial charge in [-0.3, -0.25) is 4.79 Å². The highest BCUT2D eigenvalue weighted by Gasteiger charge is 2.31. The Balaban J connectivity index is 1.57. The SMILES string of the molecule is CCOc1cc(C=Nn2c(-c3cccc(C(F)(F)F)c3)nc3ccccc3c2=O)c(Br)cc1OCc1ccccc1. The van der Waals surface area contributed by atoms with Gasteiger partial charge in [-0.05, 0) is 64.8 Å². The molecule has 0 atom stereocenters. The molecule has 0 saturated heterocycles. The van der Waals surface area contributed by atoms with Crippen molar-refractivity contribution in [2.45, 2.75) is 19.7 Å². The summed E-state index contributed by atoms with van der Waals surface area (Å²) in [6, 6.07) is 24.4. The van der Waals surface area contributed by atoms with E-state index in [1.807, 2.05) is 37.3 Å². The first kappa shape index (κ1) is 28.1. The molecule has 5 rings (SSSR count). The predicted molar refractivity (Wildman–Crippen MR) is 156 cm³/mol. The molecular formula is C31H23BrF3N3O3. The van der Waals surface area contributed by atoms with Crippen LogP contribution in [0.5, 0.6) is 11.5 Å². The third-order valence-electron chi connectivity index (χ3n) is 6.11. The van der Waals surface area contributed by atoms with Crippen LogP contribution < -0.4 is 15.0 Å². The van der Waals surface area contributed by atoms with Crippen LogP contribution in [0.1, 0.15) is 23.6 Å². The van der Waals surface area contributed by atoms with Gasteiger partial charge >= 0.3 is 6.18 Å². The lowest BCUT2D eigenvalue weighted by Crippen LogP contribution is -2.20. The number of ether oxygens (including phenoxy) is 2. The molecule has 4 aromatic carbocycles. The topological polar surface area (TPSA) is 65.7 Å². The number of alkyl halides is 3. The van der Waals surface area contributed by atoms with Crippen LogP contribution in [0.2, 0.25) is 0 Å². The molecule has 0 spiro atoms. The summed E-state index contributed by atoms with van der Waals surface area (Å²) < 4.78 is 53.8. The van der Waals surface area contributed by atoms with Gasteiger partial charge in [-0.2, -0.15) is 22.9 Å². The van der Waals surface area contributed by atoms with Crippen LogP contribution in [0.3, 0.4) is 0 Å². The molecule has 6 nitrogen and oxygen atoms in total. The van der Waals surface area contributed by atoms with E-state index in [0.717, 1.165) is 22.4 Å². The van der Waals surface area contributed by atoms with Gasteiger partial charge in [0.15, 0.2) is 17.3 Å². The van der Waals surface area contributed by atoms with E-state index in [4.69, 9.17) is 9.47 Å². The van der Waals surface area contributed by atoms with E-state index in [9.17, 15) is 18.0 Å². The maximum absolute atomic E-state index is 13.5. The van der Waals surface area contributed by atoms with E-state index < -0.39 is 17.3 Å². The van der Waals surface area contributed by atoms with E-state index in [2.05, 4.69) is 26.0 Å². The molecule has 0 bridgehead atoms.